The van der Waals surface area contributed by atoms with Gasteiger partial charge in [0.15, 0.2) is 0 Å². The van der Waals surface area contributed by atoms with Crippen molar-refractivity contribution >= 4 is 35.7 Å². The number of rotatable bonds is 8. The van der Waals surface area contributed by atoms with Crippen molar-refractivity contribution in [2.24, 2.45) is 11.1 Å². The van der Waals surface area contributed by atoms with Crippen LogP contribution in [0.3, 0.4) is 0 Å². The maximum absolute atomic E-state index is 12.5. The lowest BCUT2D eigenvalue weighted by Gasteiger charge is -2.30. The Hall–Kier alpha value is -3.01. The molecular weight excluding hydrogens is 456 g/mol. The second-order valence-electron chi connectivity index (χ2n) is 9.57. The standard InChI is InChI=1S/C22H31ClN2O8/c1-20(2,3)32-18(29)25-12-22(17(24)28,11-16(26)27)10-13-9-14(23)7-8-15(13)31-19(30)33-21(4,5)6/h7-9H,10-12H2,1-6H3,(H2,24,28)(H,25,29)(H,26,27)/t22-/m1/s1. The number of benzene rings is 1. The number of carbonyl (C=O) groups is 4. The number of carbonyl (C=O) groups excluding carboxylic acids is 3. The Morgan fingerprint density at radius 2 is 1.61 bits per heavy atom. The molecule has 1 atom stereocenters. The van der Waals surface area contributed by atoms with E-state index in [1.165, 1.54) is 18.2 Å². The van der Waals surface area contributed by atoms with E-state index >= 15 is 0 Å². The Morgan fingerprint density at radius 1 is 1.03 bits per heavy atom. The lowest BCUT2D eigenvalue weighted by molar-refractivity contribution is -0.144. The third kappa shape index (κ3) is 9.98. The summed E-state index contributed by atoms with van der Waals surface area (Å²) >= 11 is 6.08. The number of halogens is 1. The van der Waals surface area contributed by atoms with Crippen molar-refractivity contribution in [3.63, 3.8) is 0 Å². The summed E-state index contributed by atoms with van der Waals surface area (Å²) in [6.07, 6.45) is -2.87. The highest BCUT2D eigenvalue weighted by molar-refractivity contribution is 6.30. The number of amides is 2. The number of hydrogen-bond donors (Lipinski definition) is 3. The summed E-state index contributed by atoms with van der Waals surface area (Å²) in [5.41, 5.74) is 2.41. The molecule has 0 saturated heterocycles. The molecule has 1 rings (SSSR count). The van der Waals surface area contributed by atoms with Crippen LogP contribution in [0.4, 0.5) is 9.59 Å². The number of nitrogens with one attached hydrogen (secondary N) is 1. The molecule has 184 valence electrons. The molecule has 10 nitrogen and oxygen atoms in total. The van der Waals surface area contributed by atoms with E-state index in [-0.39, 0.29) is 22.8 Å². The van der Waals surface area contributed by atoms with Crippen molar-refractivity contribution in [2.75, 3.05) is 6.54 Å². The van der Waals surface area contributed by atoms with E-state index in [4.69, 9.17) is 31.5 Å². The van der Waals surface area contributed by atoms with Gasteiger partial charge < -0.3 is 30.4 Å². The maximum Gasteiger partial charge on any atom is 0.514 e. The van der Waals surface area contributed by atoms with Gasteiger partial charge in [0, 0.05) is 11.6 Å². The lowest BCUT2D eigenvalue weighted by Crippen LogP contribution is -2.50. The van der Waals surface area contributed by atoms with Gasteiger partial charge in [-0.25, -0.2) is 9.59 Å². The van der Waals surface area contributed by atoms with Crippen molar-refractivity contribution in [3.05, 3.63) is 28.8 Å². The van der Waals surface area contributed by atoms with Gasteiger partial charge in [-0.3, -0.25) is 9.59 Å². The van der Waals surface area contributed by atoms with Gasteiger partial charge in [0.25, 0.3) is 0 Å². The molecular formula is C22H31ClN2O8. The molecule has 0 unspecified atom stereocenters. The third-order valence-corrected chi connectivity index (χ3v) is 4.35. The van der Waals surface area contributed by atoms with Crippen LogP contribution in [-0.2, 0) is 25.5 Å². The quantitative estimate of drug-likeness (QED) is 0.371. The molecule has 0 saturated carbocycles. The maximum atomic E-state index is 12.5. The highest BCUT2D eigenvalue weighted by Crippen LogP contribution is 2.33. The number of carboxylic acids is 1. The largest absolute Gasteiger partial charge is 0.514 e. The van der Waals surface area contributed by atoms with E-state index in [1.807, 2.05) is 0 Å². The monoisotopic (exact) mass is 486 g/mol. The Kier molecular flexibility index (Phi) is 9.12. The van der Waals surface area contributed by atoms with Crippen LogP contribution in [0.2, 0.25) is 5.02 Å². The van der Waals surface area contributed by atoms with Crippen molar-refractivity contribution in [1.82, 2.24) is 5.32 Å². The number of aliphatic carboxylic acids is 1. The molecule has 0 heterocycles. The number of ether oxygens (including phenoxy) is 3. The molecule has 2 amide bonds. The fraction of sp³-hybridized carbons (Fsp3) is 0.545. The van der Waals surface area contributed by atoms with Gasteiger partial charge in [-0.15, -0.1) is 0 Å². The highest BCUT2D eigenvalue weighted by atomic mass is 35.5. The summed E-state index contributed by atoms with van der Waals surface area (Å²) in [5, 5.41) is 12.1. The molecule has 0 spiro atoms. The van der Waals surface area contributed by atoms with Crippen LogP contribution < -0.4 is 15.8 Å². The smallest absolute Gasteiger partial charge is 0.481 e. The number of nitrogens with two attached hydrogens (primary N) is 1. The van der Waals surface area contributed by atoms with Crippen molar-refractivity contribution in [1.29, 1.82) is 0 Å². The molecule has 0 aliphatic heterocycles. The zero-order valence-electron chi connectivity index (χ0n) is 19.6. The Morgan fingerprint density at radius 3 is 2.09 bits per heavy atom. The topological polar surface area (TPSA) is 154 Å². The fourth-order valence-electron chi connectivity index (χ4n) is 2.80. The second-order valence-corrected chi connectivity index (χ2v) is 10.0. The van der Waals surface area contributed by atoms with E-state index in [2.05, 4.69) is 5.32 Å². The zero-order valence-corrected chi connectivity index (χ0v) is 20.4. The normalized spacial score (nSPS) is 13.4. The fourth-order valence-corrected chi connectivity index (χ4v) is 3.00. The molecule has 33 heavy (non-hydrogen) atoms. The SMILES string of the molecule is CC(C)(C)OC(=O)NC[C@](CC(=O)O)(Cc1cc(Cl)ccc1OC(=O)OC(C)(C)C)C(N)=O. The van der Waals surface area contributed by atoms with Gasteiger partial charge in [0.05, 0.1) is 11.8 Å². The first-order valence-corrected chi connectivity index (χ1v) is 10.5. The molecule has 4 N–H and O–H groups in total. The van der Waals surface area contributed by atoms with Crippen molar-refractivity contribution < 1.29 is 38.5 Å². The van der Waals surface area contributed by atoms with Crippen LogP contribution in [0.5, 0.6) is 5.75 Å². The summed E-state index contributed by atoms with van der Waals surface area (Å²) < 4.78 is 15.6. The van der Waals surface area contributed by atoms with E-state index in [0.717, 1.165) is 0 Å². The summed E-state index contributed by atoms with van der Waals surface area (Å²) in [6.45, 7) is 9.48. The minimum Gasteiger partial charge on any atom is -0.481 e. The minimum absolute atomic E-state index is 0.00179. The van der Waals surface area contributed by atoms with Crippen LogP contribution in [0.25, 0.3) is 0 Å². The van der Waals surface area contributed by atoms with Crippen LogP contribution in [0.1, 0.15) is 53.5 Å². The molecule has 11 heteroatoms. The third-order valence-electron chi connectivity index (χ3n) is 4.12. The molecule has 0 fully saturated rings. The van der Waals surface area contributed by atoms with E-state index in [9.17, 15) is 24.3 Å². The van der Waals surface area contributed by atoms with Crippen LogP contribution in [0, 0.1) is 5.41 Å². The highest BCUT2D eigenvalue weighted by Gasteiger charge is 2.41. The first kappa shape index (κ1) is 28.0. The average Bonchev–Trinajstić information content (AvgIpc) is 2.58. The van der Waals surface area contributed by atoms with Crippen molar-refractivity contribution in [2.45, 2.75) is 65.6 Å². The summed E-state index contributed by atoms with van der Waals surface area (Å²) in [4.78, 5) is 48.3. The summed E-state index contributed by atoms with van der Waals surface area (Å²) in [6, 6.07) is 4.25. The first-order valence-electron chi connectivity index (χ1n) is 10.1. The second kappa shape index (κ2) is 10.7. The number of primary amides is 1. The van der Waals surface area contributed by atoms with E-state index in [0.29, 0.717) is 0 Å². The van der Waals surface area contributed by atoms with E-state index < -0.39 is 53.7 Å². The van der Waals surface area contributed by atoms with Gasteiger partial charge in [-0.1, -0.05) is 11.6 Å². The van der Waals surface area contributed by atoms with Crippen LogP contribution in [0.15, 0.2) is 18.2 Å². The summed E-state index contributed by atoms with van der Waals surface area (Å²) in [7, 11) is 0. The van der Waals surface area contributed by atoms with Crippen LogP contribution >= 0.6 is 11.6 Å². The number of alkyl carbamates (subject to hydrolysis) is 1. The lowest BCUT2D eigenvalue weighted by atomic mass is 9.77. The molecule has 0 radical (unpaired) electrons. The van der Waals surface area contributed by atoms with Gasteiger partial charge in [-0.2, -0.15) is 0 Å². The zero-order chi connectivity index (χ0) is 25.6. The van der Waals surface area contributed by atoms with Crippen molar-refractivity contribution in [3.8, 4) is 5.75 Å². The Labute approximate surface area is 197 Å². The molecule has 0 bridgehead atoms. The van der Waals surface area contributed by atoms with Gasteiger partial charge in [0.1, 0.15) is 17.0 Å². The number of hydrogen-bond acceptors (Lipinski definition) is 7. The van der Waals surface area contributed by atoms with Gasteiger partial charge in [0.2, 0.25) is 5.91 Å². The van der Waals surface area contributed by atoms with Gasteiger partial charge >= 0.3 is 18.2 Å². The predicted octanol–water partition coefficient (Wildman–Crippen LogP) is 3.67. The first-order chi connectivity index (χ1) is 14.9. The summed E-state index contributed by atoms with van der Waals surface area (Å²) in [5.74, 6) is -2.30. The van der Waals surface area contributed by atoms with Gasteiger partial charge in [-0.05, 0) is 71.7 Å². The predicted molar refractivity (Wildman–Crippen MR) is 120 cm³/mol. The Balaban J connectivity index is 3.29. The molecule has 1 aromatic rings. The number of carboxylic acid groups (broad SMARTS) is 1. The van der Waals surface area contributed by atoms with Crippen LogP contribution in [-0.4, -0.2) is 47.0 Å². The Bertz CT molecular complexity index is 905. The molecule has 0 aliphatic rings. The molecule has 0 aliphatic carbocycles. The van der Waals surface area contributed by atoms with E-state index in [1.54, 1.807) is 41.5 Å². The average molecular weight is 487 g/mol. The molecule has 0 aromatic heterocycles. The molecule has 1 aromatic carbocycles. The minimum atomic E-state index is -1.78.